The number of hydrogen-bond donors (Lipinski definition) is 2. The lowest BCUT2D eigenvalue weighted by atomic mass is 10.3. The van der Waals surface area contributed by atoms with E-state index in [0.717, 1.165) is 13.0 Å². The van der Waals surface area contributed by atoms with E-state index in [1.54, 1.807) is 0 Å². The zero-order chi connectivity index (χ0) is 11.3. The van der Waals surface area contributed by atoms with Gasteiger partial charge in [0.05, 0.1) is 20.2 Å². The molecule has 0 amide bonds. The van der Waals surface area contributed by atoms with Crippen LogP contribution in [0.3, 0.4) is 0 Å². The Morgan fingerprint density at radius 3 is 2.73 bits per heavy atom. The number of nitrogens with zero attached hydrogens (tertiary/aromatic N) is 2. The van der Waals surface area contributed by atoms with Gasteiger partial charge in [-0.1, -0.05) is 0 Å². The van der Waals surface area contributed by atoms with Gasteiger partial charge in [0.15, 0.2) is 0 Å². The smallest absolute Gasteiger partial charge is 0.303 e. The van der Waals surface area contributed by atoms with Crippen molar-refractivity contribution in [1.82, 2.24) is 4.57 Å². The molecule has 15 heavy (non-hydrogen) atoms. The average molecular weight is 235 g/mol. The Morgan fingerprint density at radius 1 is 1.47 bits per heavy atom. The summed E-state index contributed by atoms with van der Waals surface area (Å²) in [6, 6.07) is 0. The van der Waals surface area contributed by atoms with Crippen LogP contribution in [-0.2, 0) is 22.7 Å². The Hall–Kier alpha value is -0.680. The molecule has 2 N–H and O–H groups in total. The molecule has 1 aromatic rings. The molecule has 0 spiro atoms. The summed E-state index contributed by atoms with van der Waals surface area (Å²) < 4.78 is 18.6. The molecule has 0 aliphatic rings. The maximum atomic E-state index is 10.3. The molecular weight excluding hydrogens is 219 g/mol. The van der Waals surface area contributed by atoms with Crippen molar-refractivity contribution < 1.29 is 23.4 Å². The van der Waals surface area contributed by atoms with Crippen molar-refractivity contribution in [3.05, 3.63) is 18.7 Å². The minimum absolute atomic E-state index is 0.0949. The first-order valence-electron chi connectivity index (χ1n) is 4.68. The van der Waals surface area contributed by atoms with Crippen molar-refractivity contribution in [3.8, 4) is 0 Å². The van der Waals surface area contributed by atoms with E-state index in [0.29, 0.717) is 6.42 Å². The van der Waals surface area contributed by atoms with Gasteiger partial charge in [-0.2, -0.15) is 0 Å². The highest BCUT2D eigenvalue weighted by molar-refractivity contribution is 7.46. The van der Waals surface area contributed by atoms with Crippen LogP contribution < -0.4 is 4.57 Å². The molecule has 0 fully saturated rings. The molecular formula is C8H16N2O4P+. The quantitative estimate of drug-likeness (QED) is 0.419. The minimum atomic E-state index is -4.28. The molecule has 0 bridgehead atoms. The molecule has 0 atom stereocenters. The number of imidazole rings is 1. The van der Waals surface area contributed by atoms with Crippen molar-refractivity contribution in [2.45, 2.75) is 19.4 Å². The highest BCUT2D eigenvalue weighted by Gasteiger charge is 2.12. The van der Waals surface area contributed by atoms with Gasteiger partial charge in [-0.25, -0.2) is 13.7 Å². The van der Waals surface area contributed by atoms with Gasteiger partial charge < -0.3 is 9.79 Å². The van der Waals surface area contributed by atoms with Crippen molar-refractivity contribution in [3.63, 3.8) is 0 Å². The molecule has 86 valence electrons. The van der Waals surface area contributed by atoms with E-state index in [1.807, 2.05) is 34.9 Å². The van der Waals surface area contributed by atoms with Crippen molar-refractivity contribution in [2.24, 2.45) is 7.05 Å². The monoisotopic (exact) mass is 235 g/mol. The summed E-state index contributed by atoms with van der Waals surface area (Å²) in [5.41, 5.74) is 0. The van der Waals surface area contributed by atoms with Gasteiger partial charge in [0.1, 0.15) is 12.4 Å². The maximum absolute atomic E-state index is 10.3. The van der Waals surface area contributed by atoms with Gasteiger partial charge in [0, 0.05) is 0 Å². The van der Waals surface area contributed by atoms with Gasteiger partial charge in [0.2, 0.25) is 6.33 Å². The van der Waals surface area contributed by atoms with E-state index in [9.17, 15) is 4.57 Å². The SMILES string of the molecule is C[n+]1ccn(CCCCOP(=O)(O)O)c1. The zero-order valence-corrected chi connectivity index (χ0v) is 9.51. The molecule has 0 saturated carbocycles. The third-order valence-corrected chi connectivity index (χ3v) is 2.41. The number of rotatable bonds is 6. The average Bonchev–Trinajstić information content (AvgIpc) is 2.49. The van der Waals surface area contributed by atoms with Gasteiger partial charge in [-0.05, 0) is 12.8 Å². The summed E-state index contributed by atoms with van der Waals surface area (Å²) in [6.07, 6.45) is 7.29. The van der Waals surface area contributed by atoms with E-state index >= 15 is 0 Å². The fraction of sp³-hybridized carbons (Fsp3) is 0.625. The van der Waals surface area contributed by atoms with Crippen LogP contribution in [0.5, 0.6) is 0 Å². The molecule has 1 heterocycles. The van der Waals surface area contributed by atoms with Crippen molar-refractivity contribution in [1.29, 1.82) is 0 Å². The number of aryl methyl sites for hydroxylation is 2. The molecule has 1 aromatic heterocycles. The Balaban J connectivity index is 2.10. The third-order valence-electron chi connectivity index (χ3n) is 1.89. The maximum Gasteiger partial charge on any atom is 0.469 e. The van der Waals surface area contributed by atoms with Crippen LogP contribution in [0.4, 0.5) is 0 Å². The second-order valence-electron chi connectivity index (χ2n) is 3.35. The fourth-order valence-corrected chi connectivity index (χ4v) is 1.58. The van der Waals surface area contributed by atoms with E-state index in [4.69, 9.17) is 9.79 Å². The van der Waals surface area contributed by atoms with Crippen LogP contribution in [-0.4, -0.2) is 21.0 Å². The van der Waals surface area contributed by atoms with Crippen LogP contribution in [0.15, 0.2) is 18.7 Å². The van der Waals surface area contributed by atoms with Crippen LogP contribution in [0.2, 0.25) is 0 Å². The predicted molar refractivity (Wildman–Crippen MR) is 52.8 cm³/mol. The lowest BCUT2D eigenvalue weighted by Gasteiger charge is -2.03. The highest BCUT2D eigenvalue weighted by Crippen LogP contribution is 2.35. The first kappa shape index (κ1) is 12.4. The Bertz CT molecular complexity index is 346. The number of unbranched alkanes of at least 4 members (excludes halogenated alkanes) is 1. The zero-order valence-electron chi connectivity index (χ0n) is 8.61. The Kier molecular flexibility index (Phi) is 4.47. The van der Waals surface area contributed by atoms with Crippen LogP contribution >= 0.6 is 7.82 Å². The molecule has 0 unspecified atom stereocenters. The fourth-order valence-electron chi connectivity index (χ4n) is 1.21. The van der Waals surface area contributed by atoms with Crippen LogP contribution in [0, 0.1) is 0 Å². The van der Waals surface area contributed by atoms with Crippen molar-refractivity contribution >= 4 is 7.82 Å². The lowest BCUT2D eigenvalue weighted by molar-refractivity contribution is -0.671. The molecule has 1 rings (SSSR count). The summed E-state index contributed by atoms with van der Waals surface area (Å²) in [4.78, 5) is 16.8. The molecule has 7 heteroatoms. The first-order valence-corrected chi connectivity index (χ1v) is 6.21. The molecule has 0 aliphatic heterocycles. The van der Waals surface area contributed by atoms with Gasteiger partial charge >= 0.3 is 7.82 Å². The summed E-state index contributed by atoms with van der Waals surface area (Å²) in [7, 11) is -2.35. The van der Waals surface area contributed by atoms with Crippen LogP contribution in [0.1, 0.15) is 12.8 Å². The molecule has 0 aliphatic carbocycles. The predicted octanol–water partition coefficient (Wildman–Crippen LogP) is 0.202. The lowest BCUT2D eigenvalue weighted by Crippen LogP contribution is -2.23. The second-order valence-corrected chi connectivity index (χ2v) is 4.59. The number of hydrogen-bond acceptors (Lipinski definition) is 2. The summed E-state index contributed by atoms with van der Waals surface area (Å²) in [5.74, 6) is 0. The summed E-state index contributed by atoms with van der Waals surface area (Å²) in [5, 5.41) is 0. The van der Waals surface area contributed by atoms with Crippen molar-refractivity contribution in [2.75, 3.05) is 6.61 Å². The molecule has 0 saturated heterocycles. The summed E-state index contributed by atoms with van der Waals surface area (Å²) in [6.45, 7) is 0.920. The summed E-state index contributed by atoms with van der Waals surface area (Å²) >= 11 is 0. The first-order chi connectivity index (χ1) is 6.97. The Morgan fingerprint density at radius 2 is 2.20 bits per heavy atom. The van der Waals surface area contributed by atoms with E-state index in [2.05, 4.69) is 4.52 Å². The number of aromatic nitrogens is 2. The molecule has 6 nitrogen and oxygen atoms in total. The number of phosphoric acid groups is 1. The molecule has 0 aromatic carbocycles. The normalized spacial score (nSPS) is 11.9. The van der Waals surface area contributed by atoms with Gasteiger partial charge in [-0.3, -0.25) is 4.52 Å². The molecule has 0 radical (unpaired) electrons. The topological polar surface area (TPSA) is 75.6 Å². The van der Waals surface area contributed by atoms with E-state index in [-0.39, 0.29) is 6.61 Å². The highest BCUT2D eigenvalue weighted by atomic mass is 31.2. The third kappa shape index (κ3) is 5.69. The number of phosphoric ester groups is 1. The largest absolute Gasteiger partial charge is 0.469 e. The standard InChI is InChI=1S/C8H15N2O4P/c1-9-5-6-10(8-9)4-2-3-7-14-15(11,12)13/h5-6,8H,2-4,7H2,1H3,(H-,11,12,13)/p+1. The minimum Gasteiger partial charge on any atom is -0.303 e. The van der Waals surface area contributed by atoms with E-state index < -0.39 is 7.82 Å². The second kappa shape index (κ2) is 5.42. The van der Waals surface area contributed by atoms with Gasteiger partial charge in [-0.15, -0.1) is 0 Å². The van der Waals surface area contributed by atoms with Crippen LogP contribution in [0.25, 0.3) is 0 Å². The van der Waals surface area contributed by atoms with Gasteiger partial charge in [0.25, 0.3) is 0 Å². The Labute approximate surface area is 88.4 Å². The van der Waals surface area contributed by atoms with E-state index in [1.165, 1.54) is 0 Å².